The van der Waals surface area contributed by atoms with Crippen LogP contribution in [0.3, 0.4) is 0 Å². The van der Waals surface area contributed by atoms with Gasteiger partial charge >= 0.3 is 0 Å². The monoisotopic (exact) mass is 380 g/mol. The van der Waals surface area contributed by atoms with Gasteiger partial charge in [0, 0.05) is 0 Å². The van der Waals surface area contributed by atoms with Gasteiger partial charge in [-0.2, -0.15) is 0 Å². The molecule has 0 radical (unpaired) electrons. The minimum absolute atomic E-state index is 0.406. The summed E-state index contributed by atoms with van der Waals surface area (Å²) in [4.78, 5) is 0. The van der Waals surface area contributed by atoms with E-state index in [-0.39, 0.29) is 0 Å². The van der Waals surface area contributed by atoms with E-state index in [1.54, 1.807) is 0 Å². The zero-order valence-corrected chi connectivity index (χ0v) is 17.3. The van der Waals surface area contributed by atoms with Crippen molar-refractivity contribution in [3.63, 3.8) is 0 Å². The molecule has 0 aliphatic rings. The van der Waals surface area contributed by atoms with Gasteiger partial charge in [-0.1, -0.05) is 123 Å². The minimum atomic E-state index is -0.406. The van der Waals surface area contributed by atoms with Crippen LogP contribution in [-0.4, -0.2) is 5.66 Å². The number of benzene rings is 4. The van der Waals surface area contributed by atoms with Crippen LogP contribution >= 0.6 is 7.92 Å². The van der Waals surface area contributed by atoms with E-state index in [4.69, 9.17) is 0 Å². The quantitative estimate of drug-likeness (QED) is 0.332. The van der Waals surface area contributed by atoms with E-state index in [0.29, 0.717) is 5.66 Å². The van der Waals surface area contributed by atoms with Crippen LogP contribution in [0.2, 0.25) is 0 Å². The molecule has 0 amide bonds. The molecule has 0 N–H and O–H groups in total. The van der Waals surface area contributed by atoms with Crippen LogP contribution in [0.25, 0.3) is 22.3 Å². The van der Waals surface area contributed by atoms with Crippen molar-refractivity contribution in [1.82, 2.24) is 0 Å². The van der Waals surface area contributed by atoms with Crippen LogP contribution < -0.4 is 10.6 Å². The predicted molar refractivity (Wildman–Crippen MR) is 125 cm³/mol. The second kappa shape index (κ2) is 8.55. The zero-order chi connectivity index (χ0) is 19.3. The molecule has 0 saturated heterocycles. The lowest BCUT2D eigenvalue weighted by atomic mass is 10.0. The van der Waals surface area contributed by atoms with Gasteiger partial charge in [-0.05, 0) is 46.4 Å². The van der Waals surface area contributed by atoms with Crippen molar-refractivity contribution in [2.75, 3.05) is 0 Å². The second-order valence-corrected chi connectivity index (χ2v) is 10.0. The van der Waals surface area contributed by atoms with Crippen molar-refractivity contribution < 1.29 is 0 Å². The van der Waals surface area contributed by atoms with E-state index in [1.165, 1.54) is 32.9 Å². The Kier molecular flexibility index (Phi) is 5.70. The van der Waals surface area contributed by atoms with Crippen LogP contribution in [0.4, 0.5) is 0 Å². The van der Waals surface area contributed by atoms with E-state index in [1.807, 2.05) is 0 Å². The first-order valence-corrected chi connectivity index (χ1v) is 11.2. The van der Waals surface area contributed by atoms with Gasteiger partial charge in [0.2, 0.25) is 0 Å². The van der Waals surface area contributed by atoms with Gasteiger partial charge in [0.15, 0.2) is 0 Å². The molecule has 138 valence electrons. The van der Waals surface area contributed by atoms with Crippen molar-refractivity contribution >= 4 is 18.5 Å². The maximum Gasteiger partial charge on any atom is -0.0104 e. The second-order valence-electron chi connectivity index (χ2n) is 7.26. The maximum absolute atomic E-state index is 2.34. The fourth-order valence-electron chi connectivity index (χ4n) is 3.70. The van der Waals surface area contributed by atoms with Crippen molar-refractivity contribution in [3.05, 3.63) is 109 Å². The highest BCUT2D eigenvalue weighted by molar-refractivity contribution is 7.73. The SMILES string of the molecule is CC(C)P(c1ccccc1)c1ccccc1-c1ccc(-c2ccccc2)cc1. The Morgan fingerprint density at radius 1 is 0.500 bits per heavy atom. The third-order valence-corrected chi connectivity index (χ3v) is 7.81. The van der Waals surface area contributed by atoms with Gasteiger partial charge < -0.3 is 0 Å². The third kappa shape index (κ3) is 3.93. The van der Waals surface area contributed by atoms with Crippen LogP contribution in [0.15, 0.2) is 109 Å². The Balaban J connectivity index is 1.75. The Hall–Kier alpha value is -2.69. The van der Waals surface area contributed by atoms with E-state index in [9.17, 15) is 0 Å². The lowest BCUT2D eigenvalue weighted by molar-refractivity contribution is 1.10. The van der Waals surface area contributed by atoms with Gasteiger partial charge in [-0.15, -0.1) is 0 Å². The largest absolute Gasteiger partial charge is 0.0622 e. The molecule has 1 heteroatoms. The van der Waals surface area contributed by atoms with Crippen molar-refractivity contribution in [2.45, 2.75) is 19.5 Å². The molecular weight excluding hydrogens is 355 g/mol. The van der Waals surface area contributed by atoms with Gasteiger partial charge in [0.25, 0.3) is 0 Å². The minimum Gasteiger partial charge on any atom is -0.0622 e. The highest BCUT2D eigenvalue weighted by Crippen LogP contribution is 2.42. The predicted octanol–water partition coefficient (Wildman–Crippen LogP) is 6.86. The molecule has 0 nitrogen and oxygen atoms in total. The molecule has 4 aromatic rings. The summed E-state index contributed by atoms with van der Waals surface area (Å²) in [5, 5.41) is 2.91. The Labute approximate surface area is 169 Å². The van der Waals surface area contributed by atoms with E-state index < -0.39 is 7.92 Å². The summed E-state index contributed by atoms with van der Waals surface area (Å²) < 4.78 is 0. The summed E-state index contributed by atoms with van der Waals surface area (Å²) in [6, 6.07) is 39.5. The van der Waals surface area contributed by atoms with E-state index in [0.717, 1.165) is 0 Å². The Bertz CT molecular complexity index is 1020. The average molecular weight is 380 g/mol. The highest BCUT2D eigenvalue weighted by Gasteiger charge is 2.20. The molecule has 28 heavy (non-hydrogen) atoms. The lowest BCUT2D eigenvalue weighted by Crippen LogP contribution is -2.19. The van der Waals surface area contributed by atoms with Crippen LogP contribution in [0, 0.1) is 0 Å². The topological polar surface area (TPSA) is 0 Å². The molecule has 0 aliphatic carbocycles. The summed E-state index contributed by atoms with van der Waals surface area (Å²) >= 11 is 0. The molecule has 1 unspecified atom stereocenters. The van der Waals surface area contributed by atoms with E-state index >= 15 is 0 Å². The van der Waals surface area contributed by atoms with Crippen molar-refractivity contribution in [2.24, 2.45) is 0 Å². The number of hydrogen-bond donors (Lipinski definition) is 0. The molecular formula is C27H25P. The fraction of sp³-hybridized carbons (Fsp3) is 0.111. The smallest absolute Gasteiger partial charge is 0.0104 e. The van der Waals surface area contributed by atoms with Crippen LogP contribution in [0.5, 0.6) is 0 Å². The molecule has 4 aromatic carbocycles. The van der Waals surface area contributed by atoms with Crippen molar-refractivity contribution in [3.8, 4) is 22.3 Å². The maximum atomic E-state index is 2.34. The first-order chi connectivity index (χ1) is 13.7. The van der Waals surface area contributed by atoms with Gasteiger partial charge in [-0.3, -0.25) is 0 Å². The summed E-state index contributed by atoms with van der Waals surface area (Å²) in [5.74, 6) is 0. The summed E-state index contributed by atoms with van der Waals surface area (Å²) in [5.41, 5.74) is 5.75. The number of hydrogen-bond acceptors (Lipinski definition) is 0. The zero-order valence-electron chi connectivity index (χ0n) is 16.4. The highest BCUT2D eigenvalue weighted by atomic mass is 31.1. The standard InChI is InChI=1S/C27H25P/c1-21(2)28(25-13-7-4-8-14-25)27-16-10-9-15-26(27)24-19-17-23(18-20-24)22-11-5-3-6-12-22/h3-21H,1-2H3. The molecule has 0 spiro atoms. The lowest BCUT2D eigenvalue weighted by Gasteiger charge is -2.25. The fourth-order valence-corrected chi connectivity index (χ4v) is 6.34. The van der Waals surface area contributed by atoms with Crippen molar-refractivity contribution in [1.29, 1.82) is 0 Å². The molecule has 0 heterocycles. The summed E-state index contributed by atoms with van der Waals surface area (Å²) in [7, 11) is -0.406. The molecule has 1 atom stereocenters. The average Bonchev–Trinajstić information content (AvgIpc) is 2.76. The van der Waals surface area contributed by atoms with Crippen LogP contribution in [0.1, 0.15) is 13.8 Å². The molecule has 0 saturated carbocycles. The third-order valence-electron chi connectivity index (χ3n) is 5.02. The molecule has 4 rings (SSSR count). The Morgan fingerprint density at radius 3 is 1.64 bits per heavy atom. The van der Waals surface area contributed by atoms with Crippen LogP contribution in [-0.2, 0) is 0 Å². The molecule has 0 fully saturated rings. The van der Waals surface area contributed by atoms with Gasteiger partial charge in [0.1, 0.15) is 0 Å². The van der Waals surface area contributed by atoms with Gasteiger partial charge in [0.05, 0.1) is 0 Å². The molecule has 0 aliphatic heterocycles. The first kappa shape index (κ1) is 18.7. The van der Waals surface area contributed by atoms with E-state index in [2.05, 4.69) is 123 Å². The first-order valence-electron chi connectivity index (χ1n) is 9.83. The Morgan fingerprint density at radius 2 is 1.00 bits per heavy atom. The molecule has 0 bridgehead atoms. The summed E-state index contributed by atoms with van der Waals surface area (Å²) in [6.45, 7) is 4.68. The number of rotatable bonds is 5. The summed E-state index contributed by atoms with van der Waals surface area (Å²) in [6.07, 6.45) is 0. The normalized spacial score (nSPS) is 12.1. The molecule has 0 aromatic heterocycles. The van der Waals surface area contributed by atoms with Gasteiger partial charge in [-0.25, -0.2) is 0 Å².